The first-order valence-corrected chi connectivity index (χ1v) is 11.5. The highest BCUT2D eigenvalue weighted by Gasteiger charge is 2.26. The third-order valence-electron chi connectivity index (χ3n) is 4.67. The van der Waals surface area contributed by atoms with Crippen LogP contribution in [0.15, 0.2) is 98.3 Å². The molecule has 4 rings (SSSR count). The van der Waals surface area contributed by atoms with E-state index in [1.807, 2.05) is 0 Å². The molecular weight excluding hydrogens is 480 g/mol. The predicted octanol–water partition coefficient (Wildman–Crippen LogP) is 4.83. The molecule has 31 heavy (non-hydrogen) atoms. The molecule has 0 radical (unpaired) electrons. The van der Waals surface area contributed by atoms with Crippen molar-refractivity contribution < 1.29 is 17.9 Å². The number of sulfonamides is 1. The Bertz CT molecular complexity index is 1310. The van der Waals surface area contributed by atoms with Crippen molar-refractivity contribution >= 4 is 43.1 Å². The monoisotopic (exact) mass is 496 g/mol. The number of hydrogen-bond acceptors (Lipinski definition) is 5. The van der Waals surface area contributed by atoms with Crippen molar-refractivity contribution in [2.45, 2.75) is 4.90 Å². The number of nitrogens with one attached hydrogen (secondary N) is 1. The van der Waals surface area contributed by atoms with E-state index in [9.17, 15) is 13.2 Å². The van der Waals surface area contributed by atoms with Gasteiger partial charge in [-0.25, -0.2) is 0 Å². The number of hydrogen-bond donors (Lipinski definition) is 1. The molecule has 0 heterocycles. The summed E-state index contributed by atoms with van der Waals surface area (Å²) in [4.78, 5) is 13.1. The standard InChI is InChI=1S/C23H17BrN2O4S/c1-30-17-10-8-16(9-11-17)25-22-14-21(19-4-2-3-5-20(19)23(22)27)26-31(28,29)18-12-6-15(24)7-13-18/h2-14,25H,1H3/b26-21+. The topological polar surface area (TPSA) is 84.8 Å². The summed E-state index contributed by atoms with van der Waals surface area (Å²) in [5.41, 5.74) is 1.93. The van der Waals surface area contributed by atoms with Crippen LogP contribution in [0.2, 0.25) is 0 Å². The number of benzene rings is 3. The summed E-state index contributed by atoms with van der Waals surface area (Å²) in [6.07, 6.45) is 1.46. The number of halogens is 1. The van der Waals surface area contributed by atoms with Crippen LogP contribution in [0, 0.1) is 0 Å². The number of carbonyl (C=O) groups excluding carboxylic acids is 1. The van der Waals surface area contributed by atoms with Crippen LogP contribution < -0.4 is 10.1 Å². The molecule has 0 saturated heterocycles. The fourth-order valence-corrected chi connectivity index (χ4v) is 4.38. The van der Waals surface area contributed by atoms with E-state index in [1.54, 1.807) is 67.8 Å². The maximum atomic E-state index is 13.0. The third-order valence-corrected chi connectivity index (χ3v) is 6.51. The molecule has 8 heteroatoms. The normalized spacial score (nSPS) is 14.7. The van der Waals surface area contributed by atoms with Crippen molar-refractivity contribution in [1.29, 1.82) is 0 Å². The van der Waals surface area contributed by atoms with Gasteiger partial charge in [-0.15, -0.1) is 0 Å². The summed E-state index contributed by atoms with van der Waals surface area (Å²) >= 11 is 3.29. The van der Waals surface area contributed by atoms with Crippen LogP contribution in [-0.2, 0) is 10.0 Å². The van der Waals surface area contributed by atoms with E-state index in [2.05, 4.69) is 25.6 Å². The molecule has 0 atom stereocenters. The molecule has 6 nitrogen and oxygen atoms in total. The molecule has 1 aliphatic carbocycles. The van der Waals surface area contributed by atoms with E-state index < -0.39 is 10.0 Å². The van der Waals surface area contributed by atoms with E-state index in [-0.39, 0.29) is 22.1 Å². The minimum absolute atomic E-state index is 0.0654. The van der Waals surface area contributed by atoms with E-state index >= 15 is 0 Å². The first-order chi connectivity index (χ1) is 14.9. The van der Waals surface area contributed by atoms with Gasteiger partial charge in [0.05, 0.1) is 23.4 Å². The molecule has 0 aliphatic heterocycles. The second-order valence-electron chi connectivity index (χ2n) is 6.69. The molecule has 0 saturated carbocycles. The minimum atomic E-state index is -3.98. The molecule has 0 fully saturated rings. The van der Waals surface area contributed by atoms with Gasteiger partial charge in [-0.05, 0) is 54.6 Å². The van der Waals surface area contributed by atoms with Gasteiger partial charge < -0.3 is 10.1 Å². The lowest BCUT2D eigenvalue weighted by Gasteiger charge is -2.19. The molecule has 1 N–H and O–H groups in total. The van der Waals surface area contributed by atoms with Gasteiger partial charge in [0.1, 0.15) is 5.75 Å². The molecule has 0 spiro atoms. The van der Waals surface area contributed by atoms with E-state index in [4.69, 9.17) is 4.74 Å². The molecule has 0 amide bonds. The summed E-state index contributed by atoms with van der Waals surface area (Å²) in [5.74, 6) is 0.439. The highest BCUT2D eigenvalue weighted by atomic mass is 79.9. The molecule has 3 aromatic rings. The average Bonchev–Trinajstić information content (AvgIpc) is 2.77. The predicted molar refractivity (Wildman–Crippen MR) is 123 cm³/mol. The quantitative estimate of drug-likeness (QED) is 0.546. The van der Waals surface area contributed by atoms with Gasteiger partial charge in [-0.3, -0.25) is 4.79 Å². The van der Waals surface area contributed by atoms with E-state index in [0.717, 1.165) is 4.47 Å². The number of ether oxygens (including phenoxy) is 1. The Labute approximate surface area is 188 Å². The number of nitrogens with zero attached hydrogens (tertiary/aromatic N) is 1. The van der Waals surface area contributed by atoms with Crippen molar-refractivity contribution in [3.8, 4) is 5.75 Å². The first kappa shape index (κ1) is 21.0. The van der Waals surface area contributed by atoms with Crippen molar-refractivity contribution in [3.63, 3.8) is 0 Å². The number of rotatable bonds is 5. The highest BCUT2D eigenvalue weighted by Crippen LogP contribution is 2.26. The molecule has 0 bridgehead atoms. The summed E-state index contributed by atoms with van der Waals surface area (Å²) in [6.45, 7) is 0. The molecule has 3 aromatic carbocycles. The first-order valence-electron chi connectivity index (χ1n) is 9.25. The molecule has 0 aromatic heterocycles. The van der Waals surface area contributed by atoms with Crippen LogP contribution in [0.1, 0.15) is 15.9 Å². The second kappa shape index (κ2) is 8.49. The maximum absolute atomic E-state index is 13.0. The van der Waals surface area contributed by atoms with Gasteiger partial charge in [0.15, 0.2) is 0 Å². The van der Waals surface area contributed by atoms with Gasteiger partial charge in [-0.1, -0.05) is 40.2 Å². The summed E-state index contributed by atoms with van der Waals surface area (Å²) in [7, 11) is -2.40. The maximum Gasteiger partial charge on any atom is 0.282 e. The van der Waals surface area contributed by atoms with Gasteiger partial charge in [-0.2, -0.15) is 12.8 Å². The SMILES string of the molecule is COc1ccc(NC2=C/C(=N\S(=O)(=O)c3ccc(Br)cc3)c3ccccc3C2=O)cc1. The number of anilines is 1. The number of Topliss-reactive ketones (excluding diaryl/α,β-unsaturated/α-hetero) is 1. The minimum Gasteiger partial charge on any atom is -0.497 e. The number of ketones is 1. The Hall–Kier alpha value is -3.23. The zero-order valence-electron chi connectivity index (χ0n) is 16.4. The van der Waals surface area contributed by atoms with Crippen molar-refractivity contribution in [2.75, 3.05) is 12.4 Å². The van der Waals surface area contributed by atoms with Gasteiger partial charge in [0, 0.05) is 21.3 Å². The zero-order chi connectivity index (χ0) is 22.0. The fourth-order valence-electron chi connectivity index (χ4n) is 3.12. The van der Waals surface area contributed by atoms with Crippen molar-refractivity contribution in [2.24, 2.45) is 4.40 Å². The van der Waals surface area contributed by atoms with Crippen LogP contribution in [0.5, 0.6) is 5.75 Å². The Morgan fingerprint density at radius 3 is 2.19 bits per heavy atom. The highest BCUT2D eigenvalue weighted by molar-refractivity contribution is 9.10. The van der Waals surface area contributed by atoms with Crippen LogP contribution in [-0.4, -0.2) is 27.0 Å². The van der Waals surface area contributed by atoms with Crippen LogP contribution >= 0.6 is 15.9 Å². The second-order valence-corrected chi connectivity index (χ2v) is 9.21. The van der Waals surface area contributed by atoms with E-state index in [0.29, 0.717) is 22.6 Å². The molecule has 156 valence electrons. The molecular formula is C23H17BrN2O4S. The zero-order valence-corrected chi connectivity index (χ0v) is 18.8. The Balaban J connectivity index is 1.77. The number of fused-ring (bicyclic) bond motifs is 1. The van der Waals surface area contributed by atoms with E-state index in [1.165, 1.54) is 18.2 Å². The summed E-state index contributed by atoms with van der Waals surface area (Å²) in [6, 6.07) is 20.1. The Morgan fingerprint density at radius 2 is 1.55 bits per heavy atom. The Morgan fingerprint density at radius 1 is 0.903 bits per heavy atom. The van der Waals surface area contributed by atoms with Crippen LogP contribution in [0.3, 0.4) is 0 Å². The van der Waals surface area contributed by atoms with Crippen LogP contribution in [0.25, 0.3) is 0 Å². The van der Waals surface area contributed by atoms with Gasteiger partial charge in [0.2, 0.25) is 5.78 Å². The van der Waals surface area contributed by atoms with Gasteiger partial charge in [0.25, 0.3) is 10.0 Å². The van der Waals surface area contributed by atoms with Crippen molar-refractivity contribution in [1.82, 2.24) is 0 Å². The summed E-state index contributed by atoms with van der Waals surface area (Å²) in [5, 5.41) is 3.06. The van der Waals surface area contributed by atoms with Crippen molar-refractivity contribution in [3.05, 3.63) is 100 Å². The summed E-state index contributed by atoms with van der Waals surface area (Å²) < 4.78 is 35.7. The number of carbonyl (C=O) groups is 1. The number of methoxy groups -OCH3 is 1. The smallest absolute Gasteiger partial charge is 0.282 e. The lowest BCUT2D eigenvalue weighted by Crippen LogP contribution is -2.22. The fraction of sp³-hybridized carbons (Fsp3) is 0.0435. The molecule has 0 unspecified atom stereocenters. The van der Waals surface area contributed by atoms with Gasteiger partial charge >= 0.3 is 0 Å². The average molecular weight is 497 g/mol. The number of allylic oxidation sites excluding steroid dienone is 2. The Kier molecular flexibility index (Phi) is 5.75. The molecule has 1 aliphatic rings. The van der Waals surface area contributed by atoms with Crippen LogP contribution in [0.4, 0.5) is 5.69 Å². The lowest BCUT2D eigenvalue weighted by molar-refractivity contribution is 0.103. The lowest BCUT2D eigenvalue weighted by atomic mass is 9.92. The largest absolute Gasteiger partial charge is 0.497 e. The third kappa shape index (κ3) is 4.45.